The van der Waals surface area contributed by atoms with E-state index in [9.17, 15) is 14.0 Å². The van der Waals surface area contributed by atoms with Gasteiger partial charge in [0.1, 0.15) is 11.5 Å². The van der Waals surface area contributed by atoms with Crippen molar-refractivity contribution in [3.05, 3.63) is 65.1 Å². The molecule has 2 aromatic carbocycles. The molecule has 1 aliphatic rings. The number of nitrogens with zero attached hydrogens (tertiary/aromatic N) is 2. The van der Waals surface area contributed by atoms with Gasteiger partial charge < -0.3 is 20.1 Å². The van der Waals surface area contributed by atoms with Crippen LogP contribution in [-0.2, 0) is 4.79 Å². The van der Waals surface area contributed by atoms with Gasteiger partial charge in [0.2, 0.25) is 5.91 Å². The van der Waals surface area contributed by atoms with Crippen LogP contribution in [0.3, 0.4) is 0 Å². The van der Waals surface area contributed by atoms with Gasteiger partial charge >= 0.3 is 0 Å². The average Bonchev–Trinajstić information content (AvgIpc) is 3.18. The molecule has 0 atom stereocenters. The summed E-state index contributed by atoms with van der Waals surface area (Å²) in [5.41, 5.74) is 1.80. The van der Waals surface area contributed by atoms with Crippen LogP contribution in [0.5, 0.6) is 0 Å². The van der Waals surface area contributed by atoms with Crippen molar-refractivity contribution in [3.8, 4) is 0 Å². The number of nitrogens with one attached hydrogen (secondary N) is 2. The minimum atomic E-state index is -0.438. The molecule has 2 heterocycles. The molecule has 0 aliphatic carbocycles. The fourth-order valence-corrected chi connectivity index (χ4v) is 3.67. The van der Waals surface area contributed by atoms with Crippen molar-refractivity contribution in [1.82, 2.24) is 15.2 Å². The predicted octanol–water partition coefficient (Wildman–Crippen LogP) is 3.04. The molecule has 0 unspecified atom stereocenters. The summed E-state index contributed by atoms with van der Waals surface area (Å²) in [6.07, 6.45) is 0. The summed E-state index contributed by atoms with van der Waals surface area (Å²) in [6.45, 7) is 2.42. The first-order valence-corrected chi connectivity index (χ1v) is 9.73. The van der Waals surface area contributed by atoms with E-state index in [4.69, 9.17) is 11.6 Å². The number of hydrogen-bond donors (Lipinski definition) is 2. The van der Waals surface area contributed by atoms with Crippen molar-refractivity contribution in [3.63, 3.8) is 0 Å². The molecular formula is C21H20ClFN4O2. The van der Waals surface area contributed by atoms with Crippen LogP contribution in [0.2, 0.25) is 5.02 Å². The first kappa shape index (κ1) is 19.3. The number of rotatable bonds is 4. The van der Waals surface area contributed by atoms with Crippen LogP contribution in [0.15, 0.2) is 48.5 Å². The molecule has 0 bridgehead atoms. The Kier molecular flexibility index (Phi) is 5.40. The maximum absolute atomic E-state index is 13.8. The van der Waals surface area contributed by atoms with Gasteiger partial charge in [-0.05, 0) is 36.4 Å². The summed E-state index contributed by atoms with van der Waals surface area (Å²) in [5.74, 6) is -0.982. The number of hydrogen-bond acceptors (Lipinski definition) is 3. The molecule has 8 heteroatoms. The van der Waals surface area contributed by atoms with Crippen molar-refractivity contribution in [2.24, 2.45) is 0 Å². The van der Waals surface area contributed by atoms with Gasteiger partial charge in [0.15, 0.2) is 0 Å². The molecule has 6 nitrogen and oxygen atoms in total. The van der Waals surface area contributed by atoms with Crippen LogP contribution in [0, 0.1) is 5.82 Å². The van der Waals surface area contributed by atoms with Gasteiger partial charge in [-0.15, -0.1) is 0 Å². The zero-order valence-electron chi connectivity index (χ0n) is 15.6. The van der Waals surface area contributed by atoms with E-state index >= 15 is 0 Å². The van der Waals surface area contributed by atoms with Gasteiger partial charge in [-0.1, -0.05) is 23.7 Å². The lowest BCUT2D eigenvalue weighted by Gasteiger charge is -2.36. The Balaban J connectivity index is 1.30. The number of carbonyl (C=O) groups is 2. The number of H-pyrrole nitrogens is 1. The minimum Gasteiger partial charge on any atom is -0.368 e. The quantitative estimate of drug-likeness (QED) is 0.689. The fourth-order valence-electron chi connectivity index (χ4n) is 3.49. The van der Waals surface area contributed by atoms with E-state index < -0.39 is 11.7 Å². The number of fused-ring (bicyclic) bond motifs is 1. The van der Waals surface area contributed by atoms with Crippen LogP contribution in [0.1, 0.15) is 10.5 Å². The summed E-state index contributed by atoms with van der Waals surface area (Å²) in [4.78, 5) is 31.6. The molecule has 2 N–H and O–H groups in total. The average molecular weight is 415 g/mol. The Labute approximate surface area is 172 Å². The second-order valence-electron chi connectivity index (χ2n) is 6.91. The Morgan fingerprint density at radius 2 is 1.83 bits per heavy atom. The maximum Gasteiger partial charge on any atom is 0.268 e. The van der Waals surface area contributed by atoms with E-state index in [-0.39, 0.29) is 18.1 Å². The zero-order valence-corrected chi connectivity index (χ0v) is 16.4. The Bertz CT molecular complexity index is 1060. The van der Waals surface area contributed by atoms with Crippen molar-refractivity contribution in [2.45, 2.75) is 0 Å². The second kappa shape index (κ2) is 8.13. The molecule has 0 radical (unpaired) electrons. The van der Waals surface area contributed by atoms with Crippen molar-refractivity contribution < 1.29 is 14.0 Å². The number of anilines is 1. The molecule has 0 saturated carbocycles. The van der Waals surface area contributed by atoms with E-state index in [0.29, 0.717) is 42.1 Å². The molecule has 0 spiro atoms. The summed E-state index contributed by atoms with van der Waals surface area (Å²) in [7, 11) is 0. The highest BCUT2D eigenvalue weighted by molar-refractivity contribution is 6.30. The monoisotopic (exact) mass is 414 g/mol. The molecule has 1 aromatic heterocycles. The van der Waals surface area contributed by atoms with Crippen LogP contribution in [0.25, 0.3) is 10.9 Å². The van der Waals surface area contributed by atoms with E-state index in [1.54, 1.807) is 17.0 Å². The van der Waals surface area contributed by atoms with Crippen molar-refractivity contribution in [2.75, 3.05) is 37.6 Å². The molecule has 2 amide bonds. The number of carbonyl (C=O) groups excluding carboxylic acids is 2. The predicted molar refractivity (Wildman–Crippen MR) is 111 cm³/mol. The number of aromatic nitrogens is 1. The lowest BCUT2D eigenvalue weighted by Crippen LogP contribution is -2.51. The number of halogens is 2. The van der Waals surface area contributed by atoms with E-state index in [0.717, 1.165) is 5.69 Å². The fraction of sp³-hybridized carbons (Fsp3) is 0.238. The molecule has 1 saturated heterocycles. The molecule has 1 aliphatic heterocycles. The lowest BCUT2D eigenvalue weighted by atomic mass is 10.2. The highest BCUT2D eigenvalue weighted by Gasteiger charge is 2.22. The number of benzene rings is 2. The maximum atomic E-state index is 13.8. The first-order chi connectivity index (χ1) is 14.0. The van der Waals surface area contributed by atoms with Gasteiger partial charge in [0, 0.05) is 47.8 Å². The highest BCUT2D eigenvalue weighted by Crippen LogP contribution is 2.21. The third kappa shape index (κ3) is 4.19. The Morgan fingerprint density at radius 3 is 2.55 bits per heavy atom. The molecule has 29 heavy (non-hydrogen) atoms. The molecular weight excluding hydrogens is 395 g/mol. The molecule has 3 aromatic rings. The molecule has 1 fully saturated rings. The summed E-state index contributed by atoms with van der Waals surface area (Å²) < 4.78 is 13.8. The number of aromatic amines is 1. The van der Waals surface area contributed by atoms with Gasteiger partial charge in [0.05, 0.1) is 6.54 Å². The van der Waals surface area contributed by atoms with Crippen LogP contribution in [0.4, 0.5) is 10.1 Å². The zero-order chi connectivity index (χ0) is 20.4. The summed E-state index contributed by atoms with van der Waals surface area (Å²) >= 11 is 6.04. The third-order valence-electron chi connectivity index (χ3n) is 5.06. The SMILES string of the molecule is O=C(NCC(=O)N1CCN(c2cccc(Cl)c2)CC1)c1cc2c(F)cccc2[nH]1. The summed E-state index contributed by atoms with van der Waals surface area (Å²) in [5, 5.41) is 3.64. The van der Waals surface area contributed by atoms with Gasteiger partial charge in [-0.25, -0.2) is 4.39 Å². The minimum absolute atomic E-state index is 0.103. The van der Waals surface area contributed by atoms with Gasteiger partial charge in [-0.2, -0.15) is 0 Å². The Morgan fingerprint density at radius 1 is 1.07 bits per heavy atom. The van der Waals surface area contributed by atoms with Crippen LogP contribution < -0.4 is 10.2 Å². The van der Waals surface area contributed by atoms with Crippen molar-refractivity contribution >= 4 is 40.0 Å². The third-order valence-corrected chi connectivity index (χ3v) is 5.30. The molecule has 4 rings (SSSR count). The van der Waals surface area contributed by atoms with Gasteiger partial charge in [0.25, 0.3) is 5.91 Å². The van der Waals surface area contributed by atoms with Crippen LogP contribution >= 0.6 is 11.6 Å². The van der Waals surface area contributed by atoms with E-state index in [2.05, 4.69) is 15.2 Å². The number of amides is 2. The number of piperazine rings is 1. The Hall–Kier alpha value is -3.06. The van der Waals surface area contributed by atoms with E-state index in [1.165, 1.54) is 12.1 Å². The van der Waals surface area contributed by atoms with Gasteiger partial charge in [-0.3, -0.25) is 9.59 Å². The summed E-state index contributed by atoms with van der Waals surface area (Å²) in [6, 6.07) is 13.7. The lowest BCUT2D eigenvalue weighted by molar-refractivity contribution is -0.130. The highest BCUT2D eigenvalue weighted by atomic mass is 35.5. The smallest absolute Gasteiger partial charge is 0.268 e. The molecule has 150 valence electrons. The first-order valence-electron chi connectivity index (χ1n) is 9.35. The van der Waals surface area contributed by atoms with Crippen molar-refractivity contribution in [1.29, 1.82) is 0 Å². The normalized spacial score (nSPS) is 14.3. The standard InChI is InChI=1S/C21H20ClFN4O2/c22-14-3-1-4-15(11-14)26-7-9-27(10-8-26)20(28)13-24-21(29)19-12-16-17(23)5-2-6-18(16)25-19/h1-6,11-12,25H,7-10,13H2,(H,24,29). The largest absolute Gasteiger partial charge is 0.368 e. The van der Waals surface area contributed by atoms with E-state index in [1.807, 2.05) is 24.3 Å². The second-order valence-corrected chi connectivity index (χ2v) is 7.35. The topological polar surface area (TPSA) is 68.4 Å². The van der Waals surface area contributed by atoms with Crippen LogP contribution in [-0.4, -0.2) is 54.4 Å².